The number of nitrogens with one attached hydrogen (secondary N) is 2. The zero-order valence-corrected chi connectivity index (χ0v) is 11.2. The molecule has 1 amide bonds. The van der Waals surface area contributed by atoms with E-state index >= 15 is 0 Å². The van der Waals surface area contributed by atoms with E-state index in [-0.39, 0.29) is 11.8 Å². The van der Waals surface area contributed by atoms with E-state index in [4.69, 9.17) is 0 Å². The highest BCUT2D eigenvalue weighted by molar-refractivity contribution is 5.79. The Kier molecular flexibility index (Phi) is 4.43. The van der Waals surface area contributed by atoms with E-state index < -0.39 is 0 Å². The lowest BCUT2D eigenvalue weighted by Gasteiger charge is -2.34. The van der Waals surface area contributed by atoms with Gasteiger partial charge in [-0.25, -0.2) is 0 Å². The summed E-state index contributed by atoms with van der Waals surface area (Å²) in [5, 5.41) is 6.59. The van der Waals surface area contributed by atoms with Crippen molar-refractivity contribution < 1.29 is 4.79 Å². The standard InChI is InChI=1S/C14H26N2O/c1-10-5-6-13(11(2)8-10)16-14(17)12-4-3-7-15-9-12/h10-13,15H,3-9H2,1-2H3,(H,16,17)/t10?,11?,12-,13?/m1/s1. The number of piperidine rings is 1. The van der Waals surface area contributed by atoms with Gasteiger partial charge in [0.15, 0.2) is 0 Å². The summed E-state index contributed by atoms with van der Waals surface area (Å²) in [6.07, 6.45) is 5.87. The third-order valence-corrected chi connectivity index (χ3v) is 4.43. The number of carbonyl (C=O) groups excluding carboxylic acids is 1. The predicted octanol–water partition coefficient (Wildman–Crippen LogP) is 1.93. The lowest BCUT2D eigenvalue weighted by molar-refractivity contribution is -0.126. The van der Waals surface area contributed by atoms with Crippen molar-refractivity contribution in [3.63, 3.8) is 0 Å². The Hall–Kier alpha value is -0.570. The van der Waals surface area contributed by atoms with Gasteiger partial charge in [0.1, 0.15) is 0 Å². The average molecular weight is 238 g/mol. The molecule has 0 aromatic rings. The van der Waals surface area contributed by atoms with Crippen LogP contribution in [0.3, 0.4) is 0 Å². The van der Waals surface area contributed by atoms with Gasteiger partial charge < -0.3 is 10.6 Å². The number of rotatable bonds is 2. The SMILES string of the molecule is CC1CCC(NC(=O)[C@@H]2CCCNC2)C(C)C1. The fraction of sp³-hybridized carbons (Fsp3) is 0.929. The average Bonchev–Trinajstić information content (AvgIpc) is 2.34. The largest absolute Gasteiger partial charge is 0.353 e. The second kappa shape index (κ2) is 5.85. The molecule has 2 N–H and O–H groups in total. The Labute approximate surface area is 105 Å². The van der Waals surface area contributed by atoms with Crippen molar-refractivity contribution in [1.29, 1.82) is 0 Å². The fourth-order valence-electron chi connectivity index (χ4n) is 3.26. The van der Waals surface area contributed by atoms with Gasteiger partial charge in [-0.1, -0.05) is 13.8 Å². The second-order valence-electron chi connectivity index (χ2n) is 6.05. The molecule has 1 aliphatic heterocycles. The third-order valence-electron chi connectivity index (χ3n) is 4.43. The molecule has 0 aromatic heterocycles. The van der Waals surface area contributed by atoms with E-state index in [0.29, 0.717) is 12.0 Å². The first-order valence-electron chi connectivity index (χ1n) is 7.18. The summed E-state index contributed by atoms with van der Waals surface area (Å²) in [6.45, 7) is 6.53. The van der Waals surface area contributed by atoms with E-state index in [1.54, 1.807) is 0 Å². The minimum Gasteiger partial charge on any atom is -0.353 e. The molecule has 2 aliphatic rings. The van der Waals surface area contributed by atoms with Crippen molar-refractivity contribution >= 4 is 5.91 Å². The first-order valence-corrected chi connectivity index (χ1v) is 7.18. The van der Waals surface area contributed by atoms with E-state index in [1.807, 2.05) is 0 Å². The van der Waals surface area contributed by atoms with Gasteiger partial charge in [-0.3, -0.25) is 4.79 Å². The Morgan fingerprint density at radius 3 is 2.71 bits per heavy atom. The fourth-order valence-corrected chi connectivity index (χ4v) is 3.26. The maximum absolute atomic E-state index is 12.1. The van der Waals surface area contributed by atoms with Crippen LogP contribution in [0.2, 0.25) is 0 Å². The predicted molar refractivity (Wildman–Crippen MR) is 69.7 cm³/mol. The summed E-state index contributed by atoms with van der Waals surface area (Å²) in [6, 6.07) is 0.417. The van der Waals surface area contributed by atoms with Crippen LogP contribution in [0.4, 0.5) is 0 Å². The number of hydrogen-bond donors (Lipinski definition) is 2. The normalized spacial score (nSPS) is 38.7. The van der Waals surface area contributed by atoms with Gasteiger partial charge in [0.05, 0.1) is 5.92 Å². The van der Waals surface area contributed by atoms with Crippen LogP contribution in [0.5, 0.6) is 0 Å². The van der Waals surface area contributed by atoms with Crippen LogP contribution in [-0.4, -0.2) is 25.0 Å². The molecule has 98 valence electrons. The summed E-state index contributed by atoms with van der Waals surface area (Å²) in [5.74, 6) is 1.95. The molecule has 0 radical (unpaired) electrons. The van der Waals surface area contributed by atoms with Gasteiger partial charge in [-0.05, 0) is 50.5 Å². The van der Waals surface area contributed by atoms with E-state index in [2.05, 4.69) is 24.5 Å². The molecule has 0 aromatic carbocycles. The van der Waals surface area contributed by atoms with E-state index in [1.165, 1.54) is 12.8 Å². The van der Waals surface area contributed by atoms with Crippen LogP contribution in [-0.2, 0) is 4.79 Å². The highest BCUT2D eigenvalue weighted by Crippen LogP contribution is 2.28. The highest BCUT2D eigenvalue weighted by atomic mass is 16.2. The zero-order chi connectivity index (χ0) is 12.3. The van der Waals surface area contributed by atoms with Crippen LogP contribution in [0.1, 0.15) is 46.0 Å². The molecule has 3 heteroatoms. The van der Waals surface area contributed by atoms with Crippen LogP contribution in [0, 0.1) is 17.8 Å². The molecule has 3 unspecified atom stereocenters. The zero-order valence-electron chi connectivity index (χ0n) is 11.2. The minimum atomic E-state index is 0.204. The molecule has 0 bridgehead atoms. The van der Waals surface area contributed by atoms with Crippen molar-refractivity contribution in [1.82, 2.24) is 10.6 Å². The van der Waals surface area contributed by atoms with E-state index in [0.717, 1.165) is 38.3 Å². The Balaban J connectivity index is 1.81. The maximum atomic E-state index is 12.1. The van der Waals surface area contributed by atoms with Crippen molar-refractivity contribution in [3.05, 3.63) is 0 Å². The minimum absolute atomic E-state index is 0.204. The summed E-state index contributed by atoms with van der Waals surface area (Å²) in [7, 11) is 0. The Morgan fingerprint density at radius 2 is 2.06 bits per heavy atom. The summed E-state index contributed by atoms with van der Waals surface area (Å²) in [4.78, 5) is 12.1. The molecule has 1 heterocycles. The lowest BCUT2D eigenvalue weighted by Crippen LogP contribution is -2.47. The number of hydrogen-bond acceptors (Lipinski definition) is 2. The molecule has 1 aliphatic carbocycles. The van der Waals surface area contributed by atoms with Gasteiger partial charge in [-0.2, -0.15) is 0 Å². The molecule has 4 atom stereocenters. The molecule has 17 heavy (non-hydrogen) atoms. The van der Waals surface area contributed by atoms with Crippen LogP contribution < -0.4 is 10.6 Å². The molecule has 1 saturated carbocycles. The Bertz CT molecular complexity index is 261. The smallest absolute Gasteiger partial charge is 0.224 e. The highest BCUT2D eigenvalue weighted by Gasteiger charge is 2.29. The first-order chi connectivity index (χ1) is 8.16. The van der Waals surface area contributed by atoms with Gasteiger partial charge >= 0.3 is 0 Å². The van der Waals surface area contributed by atoms with Crippen molar-refractivity contribution in [3.8, 4) is 0 Å². The summed E-state index contributed by atoms with van der Waals surface area (Å²) >= 11 is 0. The summed E-state index contributed by atoms with van der Waals surface area (Å²) in [5.41, 5.74) is 0. The van der Waals surface area contributed by atoms with Crippen molar-refractivity contribution in [2.75, 3.05) is 13.1 Å². The number of carbonyl (C=O) groups is 1. The van der Waals surface area contributed by atoms with Gasteiger partial charge in [0.25, 0.3) is 0 Å². The quantitative estimate of drug-likeness (QED) is 0.772. The Morgan fingerprint density at radius 1 is 1.24 bits per heavy atom. The van der Waals surface area contributed by atoms with E-state index in [9.17, 15) is 4.79 Å². The topological polar surface area (TPSA) is 41.1 Å². The maximum Gasteiger partial charge on any atom is 0.224 e. The third kappa shape index (κ3) is 3.44. The van der Waals surface area contributed by atoms with Crippen LogP contribution >= 0.6 is 0 Å². The molecule has 2 rings (SSSR count). The monoisotopic (exact) mass is 238 g/mol. The van der Waals surface area contributed by atoms with Crippen molar-refractivity contribution in [2.45, 2.75) is 52.0 Å². The molecular formula is C14H26N2O. The lowest BCUT2D eigenvalue weighted by atomic mass is 9.79. The van der Waals surface area contributed by atoms with Crippen LogP contribution in [0.25, 0.3) is 0 Å². The second-order valence-corrected chi connectivity index (χ2v) is 6.05. The van der Waals surface area contributed by atoms with Crippen LogP contribution in [0.15, 0.2) is 0 Å². The van der Waals surface area contributed by atoms with Gasteiger partial charge in [-0.15, -0.1) is 0 Å². The van der Waals surface area contributed by atoms with Gasteiger partial charge in [0.2, 0.25) is 5.91 Å². The number of amides is 1. The molecule has 1 saturated heterocycles. The molecule has 0 spiro atoms. The molecule has 2 fully saturated rings. The molecular weight excluding hydrogens is 212 g/mol. The van der Waals surface area contributed by atoms with Crippen molar-refractivity contribution in [2.24, 2.45) is 17.8 Å². The molecule has 3 nitrogen and oxygen atoms in total. The van der Waals surface area contributed by atoms with Gasteiger partial charge in [0, 0.05) is 12.6 Å². The first kappa shape index (κ1) is 12.9. The summed E-state index contributed by atoms with van der Waals surface area (Å²) < 4.78 is 0.